The van der Waals surface area contributed by atoms with Gasteiger partial charge in [-0.3, -0.25) is 0 Å². The van der Waals surface area contributed by atoms with Crippen LogP contribution in [0.15, 0.2) is 158 Å². The Morgan fingerprint density at radius 3 is 1.09 bits per heavy atom. The third-order valence-corrected chi connectivity index (χ3v) is 7.39. The van der Waals surface area contributed by atoms with Crippen LogP contribution in [0.25, 0.3) is 0 Å². The quantitative estimate of drug-likeness (QED) is 0.143. The van der Waals surface area contributed by atoms with E-state index in [-0.39, 0.29) is 0 Å². The van der Waals surface area contributed by atoms with Gasteiger partial charge in [-0.25, -0.2) is 0 Å². The molecule has 0 N–H and O–H groups in total. The number of nitrogens with zero attached hydrogens (tertiary/aromatic N) is 2. The van der Waals surface area contributed by atoms with Crippen LogP contribution in [0.5, 0.6) is 11.5 Å². The Bertz CT molecular complexity index is 1630. The summed E-state index contributed by atoms with van der Waals surface area (Å²) < 4.78 is 12.3. The Morgan fingerprint density at radius 1 is 0.364 bits per heavy atom. The van der Waals surface area contributed by atoms with Gasteiger partial charge in [0.2, 0.25) is 0 Å². The lowest BCUT2D eigenvalue weighted by Gasteiger charge is -2.26. The first-order valence-corrected chi connectivity index (χ1v) is 14.9. The van der Waals surface area contributed by atoms with Crippen molar-refractivity contribution < 1.29 is 9.47 Å². The van der Waals surface area contributed by atoms with Crippen molar-refractivity contribution in [2.45, 2.75) is 13.8 Å². The van der Waals surface area contributed by atoms with Crippen molar-refractivity contribution in [2.75, 3.05) is 23.0 Å². The highest BCUT2D eigenvalue weighted by atomic mass is 16.5. The third-order valence-electron chi connectivity index (χ3n) is 7.39. The van der Waals surface area contributed by atoms with E-state index < -0.39 is 0 Å². The molecule has 218 valence electrons. The number of hydrogen-bond acceptors (Lipinski definition) is 4. The molecule has 0 fully saturated rings. The maximum Gasteiger partial charge on any atom is 0.122 e. The number of para-hydroxylation sites is 2. The molecule has 0 aliphatic carbocycles. The molecule has 4 nitrogen and oxygen atoms in total. The summed E-state index contributed by atoms with van der Waals surface area (Å²) in [5.74, 6) is 1.59. The van der Waals surface area contributed by atoms with Crippen LogP contribution in [0, 0.1) is 13.8 Å². The molecule has 0 saturated heterocycles. The summed E-state index contributed by atoms with van der Waals surface area (Å²) in [4.78, 5) is 4.47. The topological polar surface area (TPSA) is 24.9 Å². The molecule has 4 heteroatoms. The van der Waals surface area contributed by atoms with Gasteiger partial charge < -0.3 is 19.3 Å². The minimum atomic E-state index is 0.421. The number of aryl methyl sites for hydroxylation is 2. The summed E-state index contributed by atoms with van der Waals surface area (Å²) in [6.45, 7) is 5.05. The molecule has 0 spiro atoms. The van der Waals surface area contributed by atoms with E-state index in [1.165, 1.54) is 11.1 Å². The van der Waals surface area contributed by atoms with Gasteiger partial charge in [0.05, 0.1) is 0 Å². The molecule has 0 unspecified atom stereocenters. The van der Waals surface area contributed by atoms with Gasteiger partial charge in [-0.2, -0.15) is 0 Å². The second-order valence-corrected chi connectivity index (χ2v) is 10.7. The molecule has 0 aliphatic rings. The van der Waals surface area contributed by atoms with E-state index in [0.29, 0.717) is 13.2 Å². The fourth-order valence-corrected chi connectivity index (χ4v) is 5.18. The van der Waals surface area contributed by atoms with Crippen molar-refractivity contribution in [3.05, 3.63) is 169 Å². The van der Waals surface area contributed by atoms with Gasteiger partial charge in [-0.05, 0) is 86.6 Å². The lowest BCUT2D eigenvalue weighted by atomic mass is 10.1. The van der Waals surface area contributed by atoms with Crippen LogP contribution in [-0.4, -0.2) is 13.2 Å². The maximum absolute atomic E-state index is 6.17. The molecule has 0 amide bonds. The number of ether oxygens (including phenoxy) is 2. The van der Waals surface area contributed by atoms with Crippen LogP contribution >= 0.6 is 0 Å². The molecule has 0 aromatic heterocycles. The number of hydrogen-bond donors (Lipinski definition) is 0. The van der Waals surface area contributed by atoms with Crippen LogP contribution in [-0.2, 0) is 0 Å². The van der Waals surface area contributed by atoms with E-state index >= 15 is 0 Å². The van der Waals surface area contributed by atoms with E-state index in [1.54, 1.807) is 0 Å². The lowest BCUT2D eigenvalue weighted by molar-refractivity contribution is 0.217. The van der Waals surface area contributed by atoms with Crippen LogP contribution in [0.3, 0.4) is 0 Å². The summed E-state index contributed by atoms with van der Waals surface area (Å²) in [5, 5.41) is 0. The zero-order valence-electron chi connectivity index (χ0n) is 25.1. The molecule has 6 aromatic rings. The molecule has 0 atom stereocenters. The third kappa shape index (κ3) is 6.93. The van der Waals surface area contributed by atoms with Gasteiger partial charge in [0, 0.05) is 46.3 Å². The van der Waals surface area contributed by atoms with E-state index in [4.69, 9.17) is 9.47 Å². The van der Waals surface area contributed by atoms with Crippen LogP contribution in [0.2, 0.25) is 0 Å². The van der Waals surface area contributed by atoms with Crippen molar-refractivity contribution in [3.63, 3.8) is 0 Å². The Balaban J connectivity index is 1.15. The predicted molar refractivity (Wildman–Crippen MR) is 183 cm³/mol. The minimum Gasteiger partial charge on any atom is -0.490 e. The molecule has 6 aromatic carbocycles. The molecule has 0 bridgehead atoms. The maximum atomic E-state index is 6.17. The normalized spacial score (nSPS) is 10.7. The largest absolute Gasteiger partial charge is 0.490 e. The highest BCUT2D eigenvalue weighted by molar-refractivity contribution is 5.78. The van der Waals surface area contributed by atoms with Gasteiger partial charge in [-0.1, -0.05) is 83.9 Å². The fourth-order valence-electron chi connectivity index (χ4n) is 5.18. The van der Waals surface area contributed by atoms with Crippen LogP contribution < -0.4 is 19.3 Å². The van der Waals surface area contributed by atoms with E-state index in [0.717, 1.165) is 45.6 Å². The van der Waals surface area contributed by atoms with Crippen LogP contribution in [0.4, 0.5) is 34.1 Å². The molecular weight excluding hydrogens is 540 g/mol. The SMILES string of the molecule is Cc1ccc(N(c2ccccc2)c2cccc(OCCOc3cccc(N(c4ccccc4)c4ccc(C)cc4)c3)c2)cc1. The molecule has 6 rings (SSSR count). The molecule has 0 aliphatic heterocycles. The average molecular weight is 577 g/mol. The Morgan fingerprint density at radius 2 is 0.705 bits per heavy atom. The van der Waals surface area contributed by atoms with Gasteiger partial charge in [0.15, 0.2) is 0 Å². The standard InChI is InChI=1S/C40H36N2O2/c1-31-19-23-35(24-20-31)41(33-11-5-3-6-12-33)37-15-9-17-39(29-37)43-27-28-44-40-18-10-16-38(30-40)42(34-13-7-4-8-14-34)36-25-21-32(2)22-26-36/h3-26,29-30H,27-28H2,1-2H3. The minimum absolute atomic E-state index is 0.421. The number of benzene rings is 6. The summed E-state index contributed by atoms with van der Waals surface area (Å²) in [6.07, 6.45) is 0. The second-order valence-electron chi connectivity index (χ2n) is 10.7. The molecule has 0 heterocycles. The number of anilines is 6. The summed E-state index contributed by atoms with van der Waals surface area (Å²) in [5.41, 5.74) is 8.89. The van der Waals surface area contributed by atoms with E-state index in [1.807, 2.05) is 36.4 Å². The zero-order chi connectivity index (χ0) is 30.1. The van der Waals surface area contributed by atoms with Gasteiger partial charge in [0.1, 0.15) is 24.7 Å². The first-order chi connectivity index (χ1) is 21.6. The molecular formula is C40H36N2O2. The Hall–Kier alpha value is -5.48. The first kappa shape index (κ1) is 28.6. The van der Waals surface area contributed by atoms with Crippen molar-refractivity contribution >= 4 is 34.1 Å². The predicted octanol–water partition coefficient (Wildman–Crippen LogP) is 10.7. The molecule has 0 radical (unpaired) electrons. The molecule has 0 saturated carbocycles. The first-order valence-electron chi connectivity index (χ1n) is 14.9. The van der Waals surface area contributed by atoms with Crippen molar-refractivity contribution in [2.24, 2.45) is 0 Å². The number of rotatable bonds is 11. The Kier molecular flexibility index (Phi) is 8.89. The second kappa shape index (κ2) is 13.7. The van der Waals surface area contributed by atoms with Crippen LogP contribution in [0.1, 0.15) is 11.1 Å². The Labute approximate surface area is 260 Å². The van der Waals surface area contributed by atoms with E-state index in [9.17, 15) is 0 Å². The monoisotopic (exact) mass is 576 g/mol. The van der Waals surface area contributed by atoms with Crippen molar-refractivity contribution in [3.8, 4) is 11.5 Å². The lowest BCUT2D eigenvalue weighted by Crippen LogP contribution is -2.12. The summed E-state index contributed by atoms with van der Waals surface area (Å²) in [7, 11) is 0. The average Bonchev–Trinajstić information content (AvgIpc) is 3.07. The van der Waals surface area contributed by atoms with Gasteiger partial charge >= 0.3 is 0 Å². The van der Waals surface area contributed by atoms with E-state index in [2.05, 4.69) is 145 Å². The molecule has 44 heavy (non-hydrogen) atoms. The summed E-state index contributed by atoms with van der Waals surface area (Å²) >= 11 is 0. The van der Waals surface area contributed by atoms with Gasteiger partial charge in [0.25, 0.3) is 0 Å². The summed E-state index contributed by atoms with van der Waals surface area (Å²) in [6, 6.07) is 54.3. The smallest absolute Gasteiger partial charge is 0.122 e. The van der Waals surface area contributed by atoms with Crippen molar-refractivity contribution in [1.29, 1.82) is 0 Å². The highest BCUT2D eigenvalue weighted by Gasteiger charge is 2.14. The highest BCUT2D eigenvalue weighted by Crippen LogP contribution is 2.37. The van der Waals surface area contributed by atoms with Gasteiger partial charge in [-0.15, -0.1) is 0 Å². The van der Waals surface area contributed by atoms with Crippen molar-refractivity contribution in [1.82, 2.24) is 0 Å². The zero-order valence-corrected chi connectivity index (χ0v) is 25.1. The fraction of sp³-hybridized carbons (Fsp3) is 0.100.